The lowest BCUT2D eigenvalue weighted by atomic mass is 10.1. The third-order valence-electron chi connectivity index (χ3n) is 2.77. The van der Waals surface area contributed by atoms with E-state index in [9.17, 15) is 13.2 Å². The summed E-state index contributed by atoms with van der Waals surface area (Å²) in [6, 6.07) is 4.58. The molecule has 0 saturated heterocycles. The molecule has 2 nitrogen and oxygen atoms in total. The number of benzene rings is 1. The first-order chi connectivity index (χ1) is 9.42. The molecule has 114 valence electrons. The Morgan fingerprint density at radius 1 is 1.15 bits per heavy atom. The van der Waals surface area contributed by atoms with Crippen LogP contribution < -0.4 is 10.1 Å². The lowest BCUT2D eigenvalue weighted by Crippen LogP contribution is -2.18. The number of anilines is 1. The molecule has 0 aliphatic heterocycles. The van der Waals surface area contributed by atoms with Crippen molar-refractivity contribution in [2.75, 3.05) is 11.9 Å². The van der Waals surface area contributed by atoms with Crippen LogP contribution in [0.4, 0.5) is 18.9 Å². The summed E-state index contributed by atoms with van der Waals surface area (Å²) in [4.78, 5) is 0. The third-order valence-corrected chi connectivity index (χ3v) is 3.26. The highest BCUT2D eigenvalue weighted by Gasteiger charge is 2.32. The molecule has 1 aromatic carbocycles. The van der Waals surface area contributed by atoms with Crippen LogP contribution >= 0.6 is 15.9 Å². The Bertz CT molecular complexity index is 410. The monoisotopic (exact) mass is 353 g/mol. The molecule has 0 aromatic heterocycles. The van der Waals surface area contributed by atoms with Gasteiger partial charge in [0.05, 0.1) is 5.69 Å². The zero-order chi connectivity index (χ0) is 15.0. The highest BCUT2D eigenvalue weighted by molar-refractivity contribution is 9.10. The summed E-state index contributed by atoms with van der Waals surface area (Å²) >= 11 is 3.14. The summed E-state index contributed by atoms with van der Waals surface area (Å²) in [6.07, 6.45) is 0.849. The standard InChI is InChI=1S/C14H19BrF3NO/c1-2-3-4-5-6-9-19-12-8-7-11(15)10-13(12)20-14(16,17)18/h7-8,10,19H,2-6,9H2,1H3. The fourth-order valence-electron chi connectivity index (χ4n) is 1.80. The summed E-state index contributed by atoms with van der Waals surface area (Å²) in [5, 5.41) is 2.99. The van der Waals surface area contributed by atoms with Gasteiger partial charge in [0.2, 0.25) is 0 Å². The summed E-state index contributed by atoms with van der Waals surface area (Å²) in [7, 11) is 0. The highest BCUT2D eigenvalue weighted by atomic mass is 79.9. The van der Waals surface area contributed by atoms with Crippen LogP contribution in [0.2, 0.25) is 0 Å². The van der Waals surface area contributed by atoms with Crippen LogP contribution in [0.3, 0.4) is 0 Å². The molecule has 0 aliphatic carbocycles. The molecule has 0 amide bonds. The fourth-order valence-corrected chi connectivity index (χ4v) is 2.14. The molecule has 0 aliphatic rings. The second-order valence-corrected chi connectivity index (χ2v) is 5.44. The lowest BCUT2D eigenvalue weighted by Gasteiger charge is -2.15. The van der Waals surface area contributed by atoms with Gasteiger partial charge in [0, 0.05) is 11.0 Å². The first-order valence-corrected chi connectivity index (χ1v) is 7.51. The van der Waals surface area contributed by atoms with Crippen molar-refractivity contribution in [1.82, 2.24) is 0 Å². The van der Waals surface area contributed by atoms with Crippen molar-refractivity contribution in [3.63, 3.8) is 0 Å². The average molecular weight is 354 g/mol. The van der Waals surface area contributed by atoms with Gasteiger partial charge in [-0.25, -0.2) is 0 Å². The Morgan fingerprint density at radius 2 is 1.85 bits per heavy atom. The minimum atomic E-state index is -4.68. The molecule has 0 radical (unpaired) electrons. The molecule has 0 unspecified atom stereocenters. The number of nitrogens with one attached hydrogen (secondary N) is 1. The van der Waals surface area contributed by atoms with Gasteiger partial charge in [0.1, 0.15) is 0 Å². The summed E-state index contributed by atoms with van der Waals surface area (Å²) in [5.74, 6) is -0.208. The molecule has 0 heterocycles. The molecule has 0 fully saturated rings. The minimum absolute atomic E-state index is 0.208. The number of hydrogen-bond acceptors (Lipinski definition) is 2. The van der Waals surface area contributed by atoms with E-state index in [1.807, 2.05) is 0 Å². The fraction of sp³-hybridized carbons (Fsp3) is 0.571. The van der Waals surface area contributed by atoms with Crippen LogP contribution in [0, 0.1) is 0 Å². The largest absolute Gasteiger partial charge is 0.573 e. The number of rotatable bonds is 8. The van der Waals surface area contributed by atoms with Gasteiger partial charge >= 0.3 is 6.36 Å². The second-order valence-electron chi connectivity index (χ2n) is 4.53. The van der Waals surface area contributed by atoms with Gasteiger partial charge in [-0.2, -0.15) is 0 Å². The minimum Gasteiger partial charge on any atom is -0.404 e. The van der Waals surface area contributed by atoms with Gasteiger partial charge in [-0.05, 0) is 24.6 Å². The van der Waals surface area contributed by atoms with Gasteiger partial charge in [-0.15, -0.1) is 13.2 Å². The van der Waals surface area contributed by atoms with Gasteiger partial charge in [0.15, 0.2) is 5.75 Å². The summed E-state index contributed by atoms with van der Waals surface area (Å²) in [5.41, 5.74) is 0.362. The molecular weight excluding hydrogens is 335 g/mol. The van der Waals surface area contributed by atoms with Gasteiger partial charge in [-0.1, -0.05) is 48.5 Å². The van der Waals surface area contributed by atoms with E-state index in [0.717, 1.165) is 19.3 Å². The molecule has 0 spiro atoms. The average Bonchev–Trinajstić information content (AvgIpc) is 2.34. The zero-order valence-electron chi connectivity index (χ0n) is 11.4. The second kappa shape index (κ2) is 8.39. The van der Waals surface area contributed by atoms with Crippen molar-refractivity contribution in [3.05, 3.63) is 22.7 Å². The number of ether oxygens (including phenoxy) is 1. The van der Waals surface area contributed by atoms with Crippen LogP contribution in [0.5, 0.6) is 5.75 Å². The summed E-state index contributed by atoms with van der Waals surface area (Å²) in [6.45, 7) is 2.78. The van der Waals surface area contributed by atoms with Gasteiger partial charge in [0.25, 0.3) is 0 Å². The molecule has 0 bridgehead atoms. The zero-order valence-corrected chi connectivity index (χ0v) is 13.0. The van der Waals surface area contributed by atoms with E-state index in [2.05, 4.69) is 32.9 Å². The quantitative estimate of drug-likeness (QED) is 0.602. The first-order valence-electron chi connectivity index (χ1n) is 6.71. The predicted octanol–water partition coefficient (Wildman–Crippen LogP) is 5.73. The maximum atomic E-state index is 12.3. The van der Waals surface area contributed by atoms with E-state index in [1.54, 1.807) is 12.1 Å². The van der Waals surface area contributed by atoms with E-state index in [1.165, 1.54) is 18.9 Å². The Labute approximate surface area is 125 Å². The molecule has 0 saturated carbocycles. The van der Waals surface area contributed by atoms with Gasteiger partial charge < -0.3 is 10.1 Å². The first kappa shape index (κ1) is 17.1. The smallest absolute Gasteiger partial charge is 0.404 e. The molecule has 6 heteroatoms. The van der Waals surface area contributed by atoms with E-state index in [4.69, 9.17) is 0 Å². The van der Waals surface area contributed by atoms with Crippen molar-refractivity contribution in [2.24, 2.45) is 0 Å². The summed E-state index contributed by atoms with van der Waals surface area (Å²) < 4.78 is 41.5. The number of hydrogen-bond donors (Lipinski definition) is 1. The number of alkyl halides is 3. The molecule has 1 rings (SSSR count). The molecular formula is C14H19BrF3NO. The third kappa shape index (κ3) is 7.03. The lowest BCUT2D eigenvalue weighted by molar-refractivity contribution is -0.274. The Morgan fingerprint density at radius 3 is 2.50 bits per heavy atom. The van der Waals surface area contributed by atoms with Crippen molar-refractivity contribution in [1.29, 1.82) is 0 Å². The van der Waals surface area contributed by atoms with Crippen molar-refractivity contribution < 1.29 is 17.9 Å². The van der Waals surface area contributed by atoms with Crippen LogP contribution in [-0.2, 0) is 0 Å². The Kier molecular flexibility index (Phi) is 7.19. The van der Waals surface area contributed by atoms with Crippen LogP contribution in [0.15, 0.2) is 22.7 Å². The normalized spacial score (nSPS) is 11.4. The van der Waals surface area contributed by atoms with Crippen LogP contribution in [0.1, 0.15) is 39.0 Å². The van der Waals surface area contributed by atoms with E-state index in [0.29, 0.717) is 16.7 Å². The number of halogens is 4. The molecule has 0 atom stereocenters. The van der Waals surface area contributed by atoms with Gasteiger partial charge in [-0.3, -0.25) is 0 Å². The predicted molar refractivity (Wildman–Crippen MR) is 78.1 cm³/mol. The van der Waals surface area contributed by atoms with E-state index >= 15 is 0 Å². The van der Waals surface area contributed by atoms with E-state index < -0.39 is 6.36 Å². The maximum Gasteiger partial charge on any atom is 0.573 e. The van der Waals surface area contributed by atoms with E-state index in [-0.39, 0.29) is 5.75 Å². The maximum absolute atomic E-state index is 12.3. The van der Waals surface area contributed by atoms with Crippen molar-refractivity contribution in [3.8, 4) is 5.75 Å². The van der Waals surface area contributed by atoms with Crippen LogP contribution in [-0.4, -0.2) is 12.9 Å². The molecule has 1 N–H and O–H groups in total. The highest BCUT2D eigenvalue weighted by Crippen LogP contribution is 2.32. The Balaban J connectivity index is 2.51. The van der Waals surface area contributed by atoms with Crippen molar-refractivity contribution >= 4 is 21.6 Å². The SMILES string of the molecule is CCCCCCCNc1ccc(Br)cc1OC(F)(F)F. The number of unbranched alkanes of at least 4 members (excludes halogenated alkanes) is 4. The van der Waals surface area contributed by atoms with Crippen molar-refractivity contribution in [2.45, 2.75) is 45.4 Å². The Hall–Kier alpha value is -0.910. The molecule has 20 heavy (non-hydrogen) atoms. The topological polar surface area (TPSA) is 21.3 Å². The molecule has 1 aromatic rings. The van der Waals surface area contributed by atoms with Crippen LogP contribution in [0.25, 0.3) is 0 Å².